The molecule has 0 bridgehead atoms. The van der Waals surface area contributed by atoms with E-state index in [1.807, 2.05) is 30.3 Å². The summed E-state index contributed by atoms with van der Waals surface area (Å²) < 4.78 is 12.4. The number of thioether (sulfide) groups is 1. The van der Waals surface area contributed by atoms with E-state index in [1.54, 1.807) is 43.5 Å². The molecule has 0 saturated carbocycles. The van der Waals surface area contributed by atoms with E-state index >= 15 is 0 Å². The highest BCUT2D eigenvalue weighted by atomic mass is 79.9. The topological polar surface area (TPSA) is 55.8 Å². The molecular weight excluding hydrogens is 562 g/mol. The molecular formula is C28H19BrClNO4S. The number of imide groups is 1. The Morgan fingerprint density at radius 1 is 1.00 bits per heavy atom. The van der Waals surface area contributed by atoms with Crippen molar-refractivity contribution in [1.29, 1.82) is 0 Å². The van der Waals surface area contributed by atoms with Gasteiger partial charge in [-0.2, -0.15) is 0 Å². The summed E-state index contributed by atoms with van der Waals surface area (Å²) in [6.45, 7) is 0.355. The van der Waals surface area contributed by atoms with Crippen LogP contribution in [0.15, 0.2) is 88.2 Å². The highest BCUT2D eigenvalue weighted by Crippen LogP contribution is 2.40. The van der Waals surface area contributed by atoms with Crippen LogP contribution in [0.25, 0.3) is 16.8 Å². The Morgan fingerprint density at radius 2 is 1.78 bits per heavy atom. The first-order valence-electron chi connectivity index (χ1n) is 10.9. The second-order valence-corrected chi connectivity index (χ2v) is 10.2. The Bertz CT molecular complexity index is 1530. The fraction of sp³-hybridized carbons (Fsp3) is 0.0714. The lowest BCUT2D eigenvalue weighted by Crippen LogP contribution is -2.27. The fourth-order valence-electron chi connectivity index (χ4n) is 3.99. The Balaban J connectivity index is 1.41. The molecule has 0 atom stereocenters. The monoisotopic (exact) mass is 579 g/mol. The van der Waals surface area contributed by atoms with E-state index < -0.39 is 5.91 Å². The lowest BCUT2D eigenvalue weighted by Gasteiger charge is -2.15. The number of hydrogen-bond donors (Lipinski definition) is 0. The predicted molar refractivity (Wildman–Crippen MR) is 149 cm³/mol. The number of amides is 2. The molecule has 5 rings (SSSR count). The zero-order valence-corrected chi connectivity index (χ0v) is 22.2. The second-order valence-electron chi connectivity index (χ2n) is 7.96. The first kappa shape index (κ1) is 24.4. The number of nitrogens with zero attached hydrogens (tertiary/aromatic N) is 1. The SMILES string of the molecule is COc1cc(/C=C2\SC(=O)N(c3cccc(Cl)c3)C2=O)cc(Br)c1OCc1cccc2ccccc12. The molecule has 5 nitrogen and oxygen atoms in total. The average Bonchev–Trinajstić information content (AvgIpc) is 3.15. The van der Waals surface area contributed by atoms with Crippen molar-refractivity contribution in [3.63, 3.8) is 0 Å². The van der Waals surface area contributed by atoms with Gasteiger partial charge >= 0.3 is 0 Å². The van der Waals surface area contributed by atoms with E-state index in [1.165, 1.54) is 0 Å². The lowest BCUT2D eigenvalue weighted by molar-refractivity contribution is -0.113. The van der Waals surface area contributed by atoms with Crippen LogP contribution in [-0.2, 0) is 11.4 Å². The van der Waals surface area contributed by atoms with Gasteiger partial charge in [-0.15, -0.1) is 0 Å². The number of hydrogen-bond acceptors (Lipinski definition) is 5. The first-order chi connectivity index (χ1) is 17.4. The summed E-state index contributed by atoms with van der Waals surface area (Å²) in [5.41, 5.74) is 2.18. The summed E-state index contributed by atoms with van der Waals surface area (Å²) in [7, 11) is 1.56. The number of anilines is 1. The molecule has 0 radical (unpaired) electrons. The third kappa shape index (κ3) is 4.87. The number of methoxy groups -OCH3 is 1. The standard InChI is InChI=1S/C28H19BrClNO4S/c1-34-24-13-17(14-25-27(32)31(28(33)36-25)21-10-5-9-20(30)15-21)12-23(29)26(24)35-16-19-8-4-7-18-6-2-3-11-22(18)19/h2-15H,16H2,1H3/b25-14-. The number of rotatable bonds is 6. The molecule has 4 aromatic carbocycles. The van der Waals surface area contributed by atoms with Gasteiger partial charge in [-0.05, 0) is 86.0 Å². The van der Waals surface area contributed by atoms with Crippen LogP contribution >= 0.6 is 39.3 Å². The quantitative estimate of drug-likeness (QED) is 0.216. The van der Waals surface area contributed by atoms with Crippen molar-refractivity contribution in [2.24, 2.45) is 0 Å². The molecule has 180 valence electrons. The molecule has 2 amide bonds. The maximum Gasteiger partial charge on any atom is 0.298 e. The normalized spacial score (nSPS) is 14.6. The molecule has 1 heterocycles. The number of carbonyl (C=O) groups is 2. The molecule has 0 spiro atoms. The summed E-state index contributed by atoms with van der Waals surface area (Å²) in [5.74, 6) is 0.651. The van der Waals surface area contributed by atoms with Crippen molar-refractivity contribution in [3.8, 4) is 11.5 Å². The number of halogens is 2. The first-order valence-corrected chi connectivity index (χ1v) is 12.9. The van der Waals surface area contributed by atoms with Gasteiger partial charge in [-0.25, -0.2) is 4.90 Å². The maximum atomic E-state index is 13.0. The highest BCUT2D eigenvalue weighted by Gasteiger charge is 2.36. The molecule has 1 aliphatic rings. The van der Waals surface area contributed by atoms with Gasteiger partial charge in [0.15, 0.2) is 11.5 Å². The van der Waals surface area contributed by atoms with E-state index in [4.69, 9.17) is 21.1 Å². The molecule has 0 unspecified atom stereocenters. The zero-order valence-electron chi connectivity index (χ0n) is 19.0. The molecule has 0 aromatic heterocycles. The van der Waals surface area contributed by atoms with Crippen molar-refractivity contribution in [2.75, 3.05) is 12.0 Å². The molecule has 1 aliphatic heterocycles. The van der Waals surface area contributed by atoms with Crippen LogP contribution in [0.5, 0.6) is 11.5 Å². The number of ether oxygens (including phenoxy) is 2. The van der Waals surface area contributed by atoms with Gasteiger partial charge in [-0.3, -0.25) is 9.59 Å². The van der Waals surface area contributed by atoms with Crippen LogP contribution < -0.4 is 14.4 Å². The summed E-state index contributed by atoms with van der Waals surface area (Å²) in [5, 5.41) is 2.34. The Hall–Kier alpha value is -3.26. The minimum atomic E-state index is -0.404. The van der Waals surface area contributed by atoms with E-state index in [2.05, 4.69) is 34.1 Å². The Morgan fingerprint density at radius 3 is 2.58 bits per heavy atom. The average molecular weight is 581 g/mol. The van der Waals surface area contributed by atoms with E-state index in [9.17, 15) is 9.59 Å². The summed E-state index contributed by atoms with van der Waals surface area (Å²) >= 11 is 10.5. The fourth-order valence-corrected chi connectivity index (χ4v) is 5.59. The predicted octanol–water partition coefficient (Wildman–Crippen LogP) is 8.08. The van der Waals surface area contributed by atoms with Crippen LogP contribution in [0.4, 0.5) is 10.5 Å². The summed E-state index contributed by atoms with van der Waals surface area (Å²) in [4.78, 5) is 27.0. The van der Waals surface area contributed by atoms with Crippen molar-refractivity contribution in [2.45, 2.75) is 6.61 Å². The summed E-state index contributed by atoms with van der Waals surface area (Å²) in [6, 6.07) is 24.5. The second kappa shape index (κ2) is 10.4. The van der Waals surface area contributed by atoms with E-state index in [-0.39, 0.29) is 5.24 Å². The van der Waals surface area contributed by atoms with Crippen molar-refractivity contribution in [1.82, 2.24) is 0 Å². The van der Waals surface area contributed by atoms with Gasteiger partial charge in [0.05, 0.1) is 22.2 Å². The molecule has 4 aromatic rings. The van der Waals surface area contributed by atoms with Gasteiger partial charge in [0, 0.05) is 5.02 Å². The molecule has 0 aliphatic carbocycles. The number of carbonyl (C=O) groups excluding carboxylic acids is 2. The van der Waals surface area contributed by atoms with Gasteiger partial charge in [0.2, 0.25) is 0 Å². The van der Waals surface area contributed by atoms with Crippen molar-refractivity contribution >= 4 is 73.0 Å². The van der Waals surface area contributed by atoms with Crippen LogP contribution in [-0.4, -0.2) is 18.3 Å². The minimum Gasteiger partial charge on any atom is -0.493 e. The molecule has 8 heteroatoms. The van der Waals surface area contributed by atoms with Crippen LogP contribution in [0.2, 0.25) is 5.02 Å². The lowest BCUT2D eigenvalue weighted by atomic mass is 10.1. The third-order valence-corrected chi connectivity index (χ3v) is 7.36. The molecule has 0 N–H and O–H groups in total. The van der Waals surface area contributed by atoms with Crippen LogP contribution in [0.1, 0.15) is 11.1 Å². The van der Waals surface area contributed by atoms with Gasteiger partial charge < -0.3 is 9.47 Å². The van der Waals surface area contributed by atoms with E-state index in [0.717, 1.165) is 33.0 Å². The highest BCUT2D eigenvalue weighted by molar-refractivity contribution is 9.10. The Labute approximate surface area is 225 Å². The van der Waals surface area contributed by atoms with Gasteiger partial charge in [0.1, 0.15) is 6.61 Å². The number of fused-ring (bicyclic) bond motifs is 1. The molecule has 36 heavy (non-hydrogen) atoms. The smallest absolute Gasteiger partial charge is 0.298 e. The summed E-state index contributed by atoms with van der Waals surface area (Å²) in [6.07, 6.45) is 1.66. The zero-order chi connectivity index (χ0) is 25.2. The molecule has 1 saturated heterocycles. The maximum absolute atomic E-state index is 13.0. The van der Waals surface area contributed by atoms with Crippen molar-refractivity contribution < 1.29 is 19.1 Å². The Kier molecular flexibility index (Phi) is 7.05. The van der Waals surface area contributed by atoms with Crippen LogP contribution in [0.3, 0.4) is 0 Å². The third-order valence-electron chi connectivity index (χ3n) is 5.66. The van der Waals surface area contributed by atoms with Crippen molar-refractivity contribution in [3.05, 3.63) is 104 Å². The van der Waals surface area contributed by atoms with Crippen LogP contribution in [0, 0.1) is 0 Å². The minimum absolute atomic E-state index is 0.304. The molecule has 1 fully saturated rings. The van der Waals surface area contributed by atoms with E-state index in [0.29, 0.717) is 43.8 Å². The number of benzene rings is 4. The largest absolute Gasteiger partial charge is 0.493 e. The van der Waals surface area contributed by atoms with Gasteiger partial charge in [-0.1, -0.05) is 60.1 Å². The van der Waals surface area contributed by atoms with Gasteiger partial charge in [0.25, 0.3) is 11.1 Å².